The molecule has 0 saturated carbocycles. The summed E-state index contributed by atoms with van der Waals surface area (Å²) in [6.45, 7) is 5.24. The van der Waals surface area contributed by atoms with E-state index in [0.29, 0.717) is 6.42 Å². The average molecular weight is 380 g/mol. The van der Waals surface area contributed by atoms with Gasteiger partial charge in [0.2, 0.25) is 5.91 Å². The van der Waals surface area contributed by atoms with Crippen LogP contribution in [0.25, 0.3) is 0 Å². The maximum absolute atomic E-state index is 12.5. The lowest BCUT2D eigenvalue weighted by Gasteiger charge is -2.35. The summed E-state index contributed by atoms with van der Waals surface area (Å²) >= 11 is 0. The van der Waals surface area contributed by atoms with Crippen LogP contribution in [0.2, 0.25) is 0 Å². The average Bonchev–Trinajstić information content (AvgIpc) is 3.04. The van der Waals surface area contributed by atoms with Gasteiger partial charge in [-0.05, 0) is 30.5 Å². The van der Waals surface area contributed by atoms with Crippen molar-refractivity contribution < 1.29 is 4.79 Å². The molecule has 3 heterocycles. The van der Waals surface area contributed by atoms with Gasteiger partial charge in [0.05, 0.1) is 6.42 Å². The molecular formula is C22H29N5O. The fourth-order valence-electron chi connectivity index (χ4n) is 4.02. The summed E-state index contributed by atoms with van der Waals surface area (Å²) in [5.41, 5.74) is 1.07. The van der Waals surface area contributed by atoms with E-state index in [1.807, 2.05) is 35.2 Å². The van der Waals surface area contributed by atoms with E-state index in [1.165, 1.54) is 25.7 Å². The summed E-state index contributed by atoms with van der Waals surface area (Å²) in [6, 6.07) is 14.1. The minimum absolute atomic E-state index is 0.202. The molecule has 4 rings (SSSR count). The Hall–Kier alpha value is -2.63. The molecule has 0 bridgehead atoms. The molecule has 1 aromatic carbocycles. The molecule has 2 aromatic rings. The van der Waals surface area contributed by atoms with E-state index in [4.69, 9.17) is 0 Å². The van der Waals surface area contributed by atoms with Crippen molar-refractivity contribution in [2.75, 3.05) is 49.1 Å². The molecule has 2 aliphatic heterocycles. The zero-order valence-electron chi connectivity index (χ0n) is 16.5. The van der Waals surface area contributed by atoms with Crippen molar-refractivity contribution in [3.63, 3.8) is 0 Å². The third-order valence-corrected chi connectivity index (χ3v) is 5.72. The molecule has 2 fully saturated rings. The highest BCUT2D eigenvalue weighted by Crippen LogP contribution is 2.20. The highest BCUT2D eigenvalue weighted by atomic mass is 16.2. The van der Waals surface area contributed by atoms with Crippen LogP contribution < -0.4 is 9.80 Å². The molecule has 148 valence electrons. The molecule has 28 heavy (non-hydrogen) atoms. The van der Waals surface area contributed by atoms with E-state index < -0.39 is 0 Å². The molecule has 0 radical (unpaired) electrons. The highest BCUT2D eigenvalue weighted by molar-refractivity contribution is 5.79. The summed E-state index contributed by atoms with van der Waals surface area (Å²) in [4.78, 5) is 19.1. The first-order valence-corrected chi connectivity index (χ1v) is 10.4. The van der Waals surface area contributed by atoms with Gasteiger partial charge in [-0.2, -0.15) is 0 Å². The van der Waals surface area contributed by atoms with Gasteiger partial charge in [-0.3, -0.25) is 4.79 Å². The number of amides is 1. The Labute approximate surface area is 167 Å². The number of carbonyl (C=O) groups is 1. The fourth-order valence-corrected chi connectivity index (χ4v) is 4.02. The Balaban J connectivity index is 1.30. The first kappa shape index (κ1) is 18.7. The molecule has 0 spiro atoms. The molecule has 1 aromatic heterocycles. The van der Waals surface area contributed by atoms with E-state index in [1.54, 1.807) is 0 Å². The van der Waals surface area contributed by atoms with Gasteiger partial charge in [0, 0.05) is 39.3 Å². The van der Waals surface area contributed by atoms with Crippen LogP contribution in [0.3, 0.4) is 0 Å². The molecule has 2 saturated heterocycles. The zero-order valence-corrected chi connectivity index (χ0v) is 16.5. The van der Waals surface area contributed by atoms with Crippen LogP contribution in [0.1, 0.15) is 31.2 Å². The van der Waals surface area contributed by atoms with Crippen molar-refractivity contribution >= 4 is 17.5 Å². The van der Waals surface area contributed by atoms with E-state index in [2.05, 4.69) is 32.1 Å². The zero-order chi connectivity index (χ0) is 19.2. The largest absolute Gasteiger partial charge is 0.355 e. The lowest BCUT2D eigenvalue weighted by molar-refractivity contribution is -0.130. The number of hydrogen-bond acceptors (Lipinski definition) is 5. The van der Waals surface area contributed by atoms with Gasteiger partial charge in [-0.1, -0.05) is 43.2 Å². The van der Waals surface area contributed by atoms with E-state index >= 15 is 0 Å². The first-order valence-electron chi connectivity index (χ1n) is 10.4. The topological polar surface area (TPSA) is 52.6 Å². The van der Waals surface area contributed by atoms with Gasteiger partial charge in [0.1, 0.15) is 0 Å². The molecule has 2 aliphatic rings. The monoisotopic (exact) mass is 379 g/mol. The summed E-state index contributed by atoms with van der Waals surface area (Å²) in [5.74, 6) is 2.10. The number of aromatic nitrogens is 2. The smallest absolute Gasteiger partial charge is 0.227 e. The van der Waals surface area contributed by atoms with E-state index in [9.17, 15) is 4.79 Å². The Morgan fingerprint density at radius 2 is 1.29 bits per heavy atom. The summed E-state index contributed by atoms with van der Waals surface area (Å²) in [7, 11) is 0. The minimum atomic E-state index is 0.202. The van der Waals surface area contributed by atoms with Gasteiger partial charge in [0.25, 0.3) is 0 Å². The van der Waals surface area contributed by atoms with Crippen LogP contribution in [0, 0.1) is 0 Å². The predicted molar refractivity (Wildman–Crippen MR) is 112 cm³/mol. The van der Waals surface area contributed by atoms with Crippen LogP contribution in [-0.2, 0) is 11.2 Å². The van der Waals surface area contributed by atoms with Crippen molar-refractivity contribution in [3.05, 3.63) is 48.0 Å². The molecule has 1 amide bonds. The summed E-state index contributed by atoms with van der Waals surface area (Å²) in [6.07, 6.45) is 5.58. The van der Waals surface area contributed by atoms with Crippen molar-refractivity contribution in [2.45, 2.75) is 32.1 Å². The van der Waals surface area contributed by atoms with Crippen molar-refractivity contribution in [2.24, 2.45) is 0 Å². The van der Waals surface area contributed by atoms with Crippen molar-refractivity contribution in [3.8, 4) is 0 Å². The molecule has 0 unspecified atom stereocenters. The molecule has 6 nitrogen and oxygen atoms in total. The second-order valence-electron chi connectivity index (χ2n) is 7.68. The Morgan fingerprint density at radius 3 is 1.86 bits per heavy atom. The van der Waals surface area contributed by atoms with Gasteiger partial charge in [0.15, 0.2) is 11.6 Å². The van der Waals surface area contributed by atoms with E-state index in [-0.39, 0.29) is 5.91 Å². The van der Waals surface area contributed by atoms with Crippen LogP contribution in [0.5, 0.6) is 0 Å². The molecule has 6 heteroatoms. The van der Waals surface area contributed by atoms with Crippen LogP contribution >= 0.6 is 0 Å². The molecule has 0 N–H and O–H groups in total. The second-order valence-corrected chi connectivity index (χ2v) is 7.68. The second kappa shape index (κ2) is 9.04. The van der Waals surface area contributed by atoms with Crippen molar-refractivity contribution in [1.29, 1.82) is 0 Å². The van der Waals surface area contributed by atoms with Crippen LogP contribution in [-0.4, -0.2) is 60.3 Å². The Bertz CT molecular complexity index is 748. The SMILES string of the molecule is O=C(Cc1ccccc1)N1CCN(c2ccc(N3CCCCCC3)nn2)CC1. The van der Waals surface area contributed by atoms with E-state index in [0.717, 1.165) is 56.5 Å². The number of benzene rings is 1. The lowest BCUT2D eigenvalue weighted by atomic mass is 10.1. The number of anilines is 2. The first-order chi connectivity index (χ1) is 13.8. The van der Waals surface area contributed by atoms with Gasteiger partial charge >= 0.3 is 0 Å². The number of hydrogen-bond donors (Lipinski definition) is 0. The maximum Gasteiger partial charge on any atom is 0.227 e. The number of piperazine rings is 1. The summed E-state index contributed by atoms with van der Waals surface area (Å²) in [5, 5.41) is 8.96. The maximum atomic E-state index is 12.5. The minimum Gasteiger partial charge on any atom is -0.355 e. The molecule has 0 atom stereocenters. The van der Waals surface area contributed by atoms with Gasteiger partial charge in [-0.25, -0.2) is 0 Å². The number of nitrogens with zero attached hydrogens (tertiary/aromatic N) is 5. The highest BCUT2D eigenvalue weighted by Gasteiger charge is 2.22. The fraction of sp³-hybridized carbons (Fsp3) is 0.500. The lowest BCUT2D eigenvalue weighted by Crippen LogP contribution is -2.49. The number of rotatable bonds is 4. The van der Waals surface area contributed by atoms with Crippen LogP contribution in [0.15, 0.2) is 42.5 Å². The normalized spacial score (nSPS) is 18.1. The van der Waals surface area contributed by atoms with Crippen LogP contribution in [0.4, 0.5) is 11.6 Å². The predicted octanol–water partition coefficient (Wildman–Crippen LogP) is 2.75. The third kappa shape index (κ3) is 4.61. The number of carbonyl (C=O) groups excluding carboxylic acids is 1. The van der Waals surface area contributed by atoms with Crippen molar-refractivity contribution in [1.82, 2.24) is 15.1 Å². The standard InChI is InChI=1S/C22H29N5O/c28-22(18-19-8-4-3-5-9-19)27-16-14-26(15-17-27)21-11-10-20(23-24-21)25-12-6-1-2-7-13-25/h3-5,8-11H,1-2,6-7,12-18H2. The molecule has 0 aliphatic carbocycles. The van der Waals surface area contributed by atoms with Gasteiger partial charge in [-0.15, -0.1) is 10.2 Å². The Kier molecular flexibility index (Phi) is 6.04. The molecular weight excluding hydrogens is 350 g/mol. The summed E-state index contributed by atoms with van der Waals surface area (Å²) < 4.78 is 0. The Morgan fingerprint density at radius 1 is 0.714 bits per heavy atom. The third-order valence-electron chi connectivity index (χ3n) is 5.72. The van der Waals surface area contributed by atoms with Gasteiger partial charge < -0.3 is 14.7 Å². The quantitative estimate of drug-likeness (QED) is 0.818.